The van der Waals surface area contributed by atoms with Gasteiger partial charge in [0.2, 0.25) is 0 Å². The van der Waals surface area contributed by atoms with Crippen LogP contribution in [-0.2, 0) is 132 Å². The summed E-state index contributed by atoms with van der Waals surface area (Å²) in [7, 11) is 19.9. The molecule has 5 N–H and O–H groups in total. The monoisotopic (exact) mass is 1930 g/mol. The second-order valence-corrected chi connectivity index (χ2v) is 35.3. The molecule has 0 aliphatic carbocycles. The van der Waals surface area contributed by atoms with Crippen LogP contribution in [0.4, 0.5) is 10.5 Å². The Bertz CT molecular complexity index is 7040. The number of nitrogens with zero attached hydrogens (tertiary/aromatic N) is 21. The van der Waals surface area contributed by atoms with Gasteiger partial charge in [-0.1, -0.05) is 44.2 Å². The first-order chi connectivity index (χ1) is 65.8. The fourth-order valence-corrected chi connectivity index (χ4v) is 15.4. The lowest BCUT2D eigenvalue weighted by Gasteiger charge is -2.18. The molecule has 3 aromatic carbocycles. The second-order valence-electron chi connectivity index (χ2n) is 35.3. The molecule has 13 aromatic rings. The van der Waals surface area contributed by atoms with E-state index in [2.05, 4.69) is 24.9 Å². The molecule has 6 atom stereocenters. The fourth-order valence-electron chi connectivity index (χ4n) is 15.4. The molecule has 0 bridgehead atoms. The van der Waals surface area contributed by atoms with Crippen LogP contribution in [0.2, 0.25) is 0 Å². The van der Waals surface area contributed by atoms with Crippen LogP contribution in [0.15, 0.2) is 152 Å². The van der Waals surface area contributed by atoms with E-state index in [1.165, 1.54) is 106 Å². The third kappa shape index (κ3) is 26.5. The lowest BCUT2D eigenvalue weighted by atomic mass is 10.1. The predicted molar refractivity (Wildman–Crippen MR) is 523 cm³/mol. The summed E-state index contributed by atoms with van der Waals surface area (Å²) in [5, 5.41) is 9.27. The molecule has 0 spiro atoms. The van der Waals surface area contributed by atoms with Gasteiger partial charge < -0.3 is 68.0 Å². The third-order valence-electron chi connectivity index (χ3n) is 23.8. The molecule has 44 nitrogen and oxygen atoms in total. The van der Waals surface area contributed by atoms with Gasteiger partial charge in [0.15, 0.2) is 55.8 Å². The number of phenols is 1. The minimum atomic E-state index is -0.625. The summed E-state index contributed by atoms with van der Waals surface area (Å²) < 4.78 is 48.1. The molecule has 0 fully saturated rings. The van der Waals surface area contributed by atoms with E-state index in [-0.39, 0.29) is 111 Å². The van der Waals surface area contributed by atoms with E-state index in [1.807, 2.05) is 66.7 Å². The maximum absolute atomic E-state index is 12.7. The number of para-hydroxylation sites is 1. The van der Waals surface area contributed by atoms with Crippen molar-refractivity contribution >= 4 is 91.5 Å². The smallest absolute Gasteiger partial charge is 0.409 e. The summed E-state index contributed by atoms with van der Waals surface area (Å²) >= 11 is 0. The van der Waals surface area contributed by atoms with Gasteiger partial charge in [0.1, 0.15) is 17.9 Å². The highest BCUT2D eigenvalue weighted by atomic mass is 16.6. The molecular formula is C95H129N23O21. The number of nitrogen functional groups attached to an aromatic ring is 1. The summed E-state index contributed by atoms with van der Waals surface area (Å²) in [5.41, 5.74) is 14.4. The van der Waals surface area contributed by atoms with Gasteiger partial charge in [-0.25, -0.2) is 68.1 Å². The molecule has 1 amide bonds. The van der Waals surface area contributed by atoms with Crippen molar-refractivity contribution in [3.05, 3.63) is 231 Å². The van der Waals surface area contributed by atoms with Gasteiger partial charge in [0, 0.05) is 123 Å². The lowest BCUT2D eigenvalue weighted by Crippen LogP contribution is -2.39. The number of unbranched alkanes of at least 4 members (excludes halogenated alkanes) is 5. The van der Waals surface area contributed by atoms with Gasteiger partial charge >= 0.3 is 58.4 Å². The topological polar surface area (TPSA) is 516 Å². The highest BCUT2D eigenvalue weighted by Gasteiger charge is 2.26. The Morgan fingerprint density at radius 3 is 0.892 bits per heavy atom. The highest BCUT2D eigenvalue weighted by Crippen LogP contribution is 2.20. The Balaban J connectivity index is 0.000000195. The summed E-state index contributed by atoms with van der Waals surface area (Å²) in [6.07, 6.45) is 15.7. The summed E-state index contributed by atoms with van der Waals surface area (Å²) in [5.74, 6) is -1.53. The molecule has 13 rings (SSSR count). The summed E-state index contributed by atoms with van der Waals surface area (Å²) in [6, 6.07) is 19.3. The average Bonchev–Trinajstić information content (AvgIpc) is 1.67. The number of anilines is 1. The quantitative estimate of drug-likeness (QED) is 0.0168. The number of benzene rings is 3. The van der Waals surface area contributed by atoms with Crippen LogP contribution in [0.25, 0.3) is 55.8 Å². The van der Waals surface area contributed by atoms with Gasteiger partial charge in [-0.15, -0.1) is 0 Å². The number of hydrogen-bond donors (Lipinski definition) is 3. The van der Waals surface area contributed by atoms with Crippen LogP contribution in [0.5, 0.6) is 5.75 Å². The molecule has 0 aliphatic rings. The number of rotatable bonds is 35. The molecule has 139 heavy (non-hydrogen) atoms. The number of amides is 1. The Morgan fingerprint density at radius 1 is 0.353 bits per heavy atom. The van der Waals surface area contributed by atoms with Gasteiger partial charge in [0.25, 0.3) is 27.8 Å². The number of ether oxygens (including phenoxy) is 5. The van der Waals surface area contributed by atoms with Crippen molar-refractivity contribution in [2.24, 2.45) is 82.1 Å². The number of carbonyl (C=O) groups excluding carboxylic acids is 5. The molecule has 10 aromatic heterocycles. The molecule has 10 heterocycles. The Labute approximate surface area is 798 Å². The van der Waals surface area contributed by atoms with E-state index in [4.69, 9.17) is 35.2 Å². The number of nitrogens with two attached hydrogens (primary N) is 2. The molecule has 6 unspecified atom stereocenters. The van der Waals surface area contributed by atoms with Crippen LogP contribution < -0.4 is 67.7 Å². The standard InChI is InChI=1S/C21H26N4O4.C20H25N5O4.C20H24N4O5.C18H29N5O4.C16H25N5O4/c1-14-9-5-6-11-16(14)20(27)29-15(2)10-7-8-12-25-19(26)17-18(22-13-23(17)3)24(4)21(25)28;1-13(29-19(27)14-9-4-5-10-15(14)21)8-6-7-11-25-18(26)16-17(22-12-23(16)2)24(3)20(25)28;1-13(29-19(27)14-7-9-15(25)10-8-14)6-4-5-11-24-18(26)16-17(21-12-22(16)2)23(3)20(24)28;1-11(2)13(19)17(25)27-12(3)8-6-7-9-23-16(24)14-15(20-10-21(14)4)22(5)18(23)26;1-11(25-16(24)18(2)3)8-6-7-9-21-14(22)12-13(17-10-19(12)4)20(5)15(21)23/h5-6,9,11,13,15H,7-8,10,12H2,1-4H3;4-5,9-10,12-13H,6-8,11,21H2,1-3H3;7-10,12-13,25H,4-6,11H2,1-3H3;10-13H,6-9,19H2,1-5H3;10-11H,6-9H2,1-5H3. The van der Waals surface area contributed by atoms with Gasteiger partial charge in [-0.2, -0.15) is 0 Å². The zero-order valence-corrected chi connectivity index (χ0v) is 82.7. The third-order valence-corrected chi connectivity index (χ3v) is 23.8. The zero-order valence-electron chi connectivity index (χ0n) is 82.7. The van der Waals surface area contributed by atoms with Crippen molar-refractivity contribution in [2.75, 3.05) is 19.8 Å². The van der Waals surface area contributed by atoms with E-state index in [1.54, 1.807) is 145 Å². The Hall–Kier alpha value is -14.9. The SMILES string of the molecule is CC(CCCCn1c(=O)c2c(ncn2C)n(C)c1=O)OC(=O)C(N)C(C)C.CC(CCCCn1c(=O)c2c(ncn2C)n(C)c1=O)OC(=O)N(C)C.CC(CCCCn1c(=O)c2c(ncn2C)n(C)c1=O)OC(=O)c1ccc(O)cc1.CC(CCCCn1c(=O)c2c(ncn2C)n(C)c1=O)OC(=O)c1ccccc1N.Cc1ccccc1C(=O)OC(C)CCCCn1c(=O)c2c(ncn2C)n(C)c1=O. The number of esters is 4. The van der Waals surface area contributed by atoms with Crippen molar-refractivity contribution in [2.45, 2.75) is 221 Å². The van der Waals surface area contributed by atoms with E-state index >= 15 is 0 Å². The molecule has 0 aliphatic heterocycles. The molecule has 0 radical (unpaired) electrons. The van der Waals surface area contributed by atoms with Crippen molar-refractivity contribution in [1.29, 1.82) is 0 Å². The average molecular weight is 1930 g/mol. The van der Waals surface area contributed by atoms with Gasteiger partial charge in [-0.3, -0.25) is 74.4 Å². The van der Waals surface area contributed by atoms with Crippen LogP contribution in [0.3, 0.4) is 0 Å². The normalized spacial score (nSPS) is 12.6. The van der Waals surface area contributed by atoms with Crippen molar-refractivity contribution in [1.82, 2.24) is 98.3 Å². The van der Waals surface area contributed by atoms with Crippen LogP contribution >= 0.6 is 0 Å². The number of phenolic OH excluding ortho intramolecular Hbond substituents is 1. The number of hydrogen-bond acceptors (Lipinski definition) is 28. The first-order valence-corrected chi connectivity index (χ1v) is 46.0. The molecular weight excluding hydrogens is 1800 g/mol. The molecule has 0 saturated carbocycles. The maximum atomic E-state index is 12.7. The van der Waals surface area contributed by atoms with Crippen molar-refractivity contribution in [3.8, 4) is 5.75 Å². The second kappa shape index (κ2) is 48.7. The molecule has 750 valence electrons. The van der Waals surface area contributed by atoms with Crippen LogP contribution in [0.1, 0.15) is 181 Å². The van der Waals surface area contributed by atoms with Crippen LogP contribution in [0, 0.1) is 12.8 Å². The lowest BCUT2D eigenvalue weighted by molar-refractivity contribution is -0.151. The number of aromatic nitrogens is 20. The first-order valence-electron chi connectivity index (χ1n) is 46.0. The van der Waals surface area contributed by atoms with Crippen molar-refractivity contribution < 1.29 is 52.8 Å². The van der Waals surface area contributed by atoms with E-state index in [0.29, 0.717) is 188 Å². The largest absolute Gasteiger partial charge is 0.508 e. The van der Waals surface area contributed by atoms with Gasteiger partial charge in [-0.05, 0) is 192 Å². The summed E-state index contributed by atoms with van der Waals surface area (Å²) in [6.45, 7) is 16.2. The van der Waals surface area contributed by atoms with E-state index < -0.39 is 29.6 Å². The minimum Gasteiger partial charge on any atom is -0.508 e. The minimum absolute atomic E-state index is 0.0229. The van der Waals surface area contributed by atoms with Crippen LogP contribution in [-0.4, -0.2) is 184 Å². The number of imidazole rings is 5. The number of aryl methyl sites for hydroxylation is 11. The first kappa shape index (κ1) is 108. The Morgan fingerprint density at radius 2 is 0.612 bits per heavy atom. The number of carbonyl (C=O) groups is 5. The number of aromatic hydroxyl groups is 1. The van der Waals surface area contributed by atoms with Gasteiger partial charge in [0.05, 0.1) is 72.7 Å². The highest BCUT2D eigenvalue weighted by molar-refractivity contribution is 5.95. The Kier molecular flexibility index (Phi) is 37.8. The summed E-state index contributed by atoms with van der Waals surface area (Å²) in [4.78, 5) is 207. The number of fused-ring (bicyclic) bond motifs is 5. The maximum Gasteiger partial charge on any atom is 0.409 e. The zero-order chi connectivity index (χ0) is 102. The van der Waals surface area contributed by atoms with Crippen molar-refractivity contribution in [3.63, 3.8) is 0 Å². The predicted octanol–water partition coefficient (Wildman–Crippen LogP) is 6.35. The van der Waals surface area contributed by atoms with E-state index in [0.717, 1.165) is 18.4 Å². The fraction of sp³-hybridized carbons (Fsp3) is 0.495. The molecule has 0 saturated heterocycles. The molecule has 44 heteroatoms. The van der Waals surface area contributed by atoms with E-state index in [9.17, 15) is 77.0 Å².